The van der Waals surface area contributed by atoms with E-state index in [4.69, 9.17) is 4.74 Å². The summed E-state index contributed by atoms with van der Waals surface area (Å²) in [5.74, 6) is 1.03. The highest BCUT2D eigenvalue weighted by Gasteiger charge is 2.32. The maximum atomic E-state index is 9.76. The van der Waals surface area contributed by atoms with Crippen molar-refractivity contribution in [2.45, 2.75) is 70.1 Å². The maximum absolute atomic E-state index is 9.76. The molecule has 0 amide bonds. The molecule has 0 atom stereocenters. The number of benzene rings is 1. The minimum absolute atomic E-state index is 0.0625. The SMILES string of the molecule is CC1(C)Cc2cc(CNC3(CO)CCCCC3)ccc2O1. The smallest absolute Gasteiger partial charge is 0.123 e. The minimum atomic E-state index is -0.0793. The predicted molar refractivity (Wildman–Crippen MR) is 84.6 cm³/mol. The van der Waals surface area contributed by atoms with E-state index in [2.05, 4.69) is 37.4 Å². The number of nitrogens with one attached hydrogen (secondary N) is 1. The van der Waals surface area contributed by atoms with Gasteiger partial charge in [-0.2, -0.15) is 0 Å². The van der Waals surface area contributed by atoms with Gasteiger partial charge in [-0.05, 0) is 43.9 Å². The zero-order chi connectivity index (χ0) is 14.9. The molecule has 116 valence electrons. The van der Waals surface area contributed by atoms with Crippen molar-refractivity contribution in [1.29, 1.82) is 0 Å². The predicted octanol–water partition coefficient (Wildman–Crippen LogP) is 3.18. The largest absolute Gasteiger partial charge is 0.487 e. The van der Waals surface area contributed by atoms with Gasteiger partial charge < -0.3 is 15.2 Å². The molecule has 1 aromatic rings. The quantitative estimate of drug-likeness (QED) is 0.894. The molecular weight excluding hydrogens is 262 g/mol. The molecular formula is C18H27NO2. The zero-order valence-electron chi connectivity index (χ0n) is 13.2. The third-order valence-electron chi connectivity index (χ3n) is 4.91. The van der Waals surface area contributed by atoms with Crippen LogP contribution in [-0.2, 0) is 13.0 Å². The molecule has 0 unspecified atom stereocenters. The molecule has 1 aromatic carbocycles. The Hall–Kier alpha value is -1.06. The van der Waals surface area contributed by atoms with Gasteiger partial charge in [-0.15, -0.1) is 0 Å². The summed E-state index contributed by atoms with van der Waals surface area (Å²) < 4.78 is 5.92. The average Bonchev–Trinajstić information content (AvgIpc) is 2.79. The van der Waals surface area contributed by atoms with Gasteiger partial charge in [0.05, 0.1) is 6.61 Å². The highest BCUT2D eigenvalue weighted by Crippen LogP contribution is 2.35. The lowest BCUT2D eigenvalue weighted by Crippen LogP contribution is -2.49. The van der Waals surface area contributed by atoms with Crippen LogP contribution in [0.3, 0.4) is 0 Å². The second kappa shape index (κ2) is 5.62. The lowest BCUT2D eigenvalue weighted by atomic mass is 9.82. The topological polar surface area (TPSA) is 41.5 Å². The number of aliphatic hydroxyl groups excluding tert-OH is 1. The van der Waals surface area contributed by atoms with Crippen LogP contribution in [0.2, 0.25) is 0 Å². The molecule has 3 rings (SSSR count). The monoisotopic (exact) mass is 289 g/mol. The second-order valence-electron chi connectivity index (χ2n) is 7.33. The van der Waals surface area contributed by atoms with Crippen LogP contribution in [0.4, 0.5) is 0 Å². The molecule has 0 bridgehead atoms. The number of hydrogen-bond acceptors (Lipinski definition) is 3. The van der Waals surface area contributed by atoms with Crippen molar-refractivity contribution < 1.29 is 9.84 Å². The lowest BCUT2D eigenvalue weighted by Gasteiger charge is -2.36. The van der Waals surface area contributed by atoms with Gasteiger partial charge in [-0.3, -0.25) is 0 Å². The van der Waals surface area contributed by atoms with Crippen LogP contribution in [0.5, 0.6) is 5.75 Å². The summed E-state index contributed by atoms with van der Waals surface area (Å²) in [4.78, 5) is 0. The number of rotatable bonds is 4. The van der Waals surface area contributed by atoms with Crippen LogP contribution in [0.15, 0.2) is 18.2 Å². The summed E-state index contributed by atoms with van der Waals surface area (Å²) in [6, 6.07) is 6.49. The molecule has 1 saturated carbocycles. The van der Waals surface area contributed by atoms with Gasteiger partial charge >= 0.3 is 0 Å². The Labute approximate surface area is 127 Å². The number of fused-ring (bicyclic) bond motifs is 1. The first-order chi connectivity index (χ1) is 10.0. The molecule has 0 radical (unpaired) electrons. The highest BCUT2D eigenvalue weighted by atomic mass is 16.5. The Bertz CT molecular complexity index is 504. The van der Waals surface area contributed by atoms with Crippen LogP contribution in [0.25, 0.3) is 0 Å². The van der Waals surface area contributed by atoms with Gasteiger partial charge in [-0.25, -0.2) is 0 Å². The van der Waals surface area contributed by atoms with E-state index < -0.39 is 0 Å². The molecule has 1 aliphatic heterocycles. The molecule has 1 aliphatic carbocycles. The molecule has 21 heavy (non-hydrogen) atoms. The summed E-state index contributed by atoms with van der Waals surface area (Å²) in [5, 5.41) is 13.4. The van der Waals surface area contributed by atoms with Crippen LogP contribution in [-0.4, -0.2) is 22.9 Å². The Morgan fingerprint density at radius 1 is 1.19 bits per heavy atom. The molecule has 3 heteroatoms. The van der Waals surface area contributed by atoms with E-state index in [0.29, 0.717) is 0 Å². The van der Waals surface area contributed by atoms with Crippen molar-refractivity contribution >= 4 is 0 Å². The van der Waals surface area contributed by atoms with E-state index in [9.17, 15) is 5.11 Å². The standard InChI is InChI=1S/C18H27NO2/c1-17(2)11-15-10-14(6-7-16(15)21-17)12-19-18(13-20)8-4-3-5-9-18/h6-7,10,19-20H,3-5,8-9,11-13H2,1-2H3. The van der Waals surface area contributed by atoms with Gasteiger partial charge in [0, 0.05) is 18.5 Å². The van der Waals surface area contributed by atoms with Crippen LogP contribution in [0, 0.1) is 0 Å². The fraction of sp³-hybridized carbons (Fsp3) is 0.667. The van der Waals surface area contributed by atoms with E-state index in [-0.39, 0.29) is 17.7 Å². The van der Waals surface area contributed by atoms with Gasteiger partial charge in [0.2, 0.25) is 0 Å². The average molecular weight is 289 g/mol. The first kappa shape index (κ1) is 14.9. The fourth-order valence-corrected chi connectivity index (χ4v) is 3.68. The first-order valence-corrected chi connectivity index (χ1v) is 8.19. The molecule has 0 saturated heterocycles. The molecule has 0 spiro atoms. The normalized spacial score (nSPS) is 22.6. The molecule has 2 N–H and O–H groups in total. The van der Waals surface area contributed by atoms with Gasteiger partial charge in [0.1, 0.15) is 11.4 Å². The van der Waals surface area contributed by atoms with Crippen LogP contribution < -0.4 is 10.1 Å². The Morgan fingerprint density at radius 2 is 1.95 bits per heavy atom. The Morgan fingerprint density at radius 3 is 2.67 bits per heavy atom. The van der Waals surface area contributed by atoms with Crippen molar-refractivity contribution in [2.75, 3.05) is 6.61 Å². The number of ether oxygens (including phenoxy) is 1. The van der Waals surface area contributed by atoms with E-state index >= 15 is 0 Å². The molecule has 1 fully saturated rings. The fourth-order valence-electron chi connectivity index (χ4n) is 3.68. The van der Waals surface area contributed by atoms with Crippen LogP contribution in [0.1, 0.15) is 57.1 Å². The first-order valence-electron chi connectivity index (χ1n) is 8.19. The second-order valence-corrected chi connectivity index (χ2v) is 7.33. The number of aliphatic hydroxyl groups is 1. The van der Waals surface area contributed by atoms with E-state index in [1.165, 1.54) is 30.4 Å². The van der Waals surface area contributed by atoms with Gasteiger partial charge in [-0.1, -0.05) is 31.4 Å². The Balaban J connectivity index is 1.66. The zero-order valence-corrected chi connectivity index (χ0v) is 13.2. The van der Waals surface area contributed by atoms with Crippen molar-refractivity contribution in [3.8, 4) is 5.75 Å². The minimum Gasteiger partial charge on any atom is -0.487 e. The molecule has 1 heterocycles. The number of hydrogen-bond donors (Lipinski definition) is 2. The van der Waals surface area contributed by atoms with E-state index in [0.717, 1.165) is 31.6 Å². The van der Waals surface area contributed by atoms with Crippen LogP contribution >= 0.6 is 0 Å². The van der Waals surface area contributed by atoms with Gasteiger partial charge in [0.25, 0.3) is 0 Å². The summed E-state index contributed by atoms with van der Waals surface area (Å²) in [7, 11) is 0. The lowest BCUT2D eigenvalue weighted by molar-refractivity contribution is 0.119. The van der Waals surface area contributed by atoms with Crippen molar-refractivity contribution in [1.82, 2.24) is 5.32 Å². The molecule has 0 aromatic heterocycles. The Kier molecular flexibility index (Phi) is 3.98. The summed E-state index contributed by atoms with van der Waals surface area (Å²) >= 11 is 0. The molecule has 2 aliphatic rings. The van der Waals surface area contributed by atoms with Crippen molar-refractivity contribution in [3.63, 3.8) is 0 Å². The van der Waals surface area contributed by atoms with Crippen molar-refractivity contribution in [2.24, 2.45) is 0 Å². The maximum Gasteiger partial charge on any atom is 0.123 e. The summed E-state index contributed by atoms with van der Waals surface area (Å²) in [6.45, 7) is 5.34. The molecule has 3 nitrogen and oxygen atoms in total. The highest BCUT2D eigenvalue weighted by molar-refractivity contribution is 5.41. The summed E-state index contributed by atoms with van der Waals surface area (Å²) in [6.07, 6.45) is 6.89. The third kappa shape index (κ3) is 3.24. The third-order valence-corrected chi connectivity index (χ3v) is 4.91. The summed E-state index contributed by atoms with van der Waals surface area (Å²) in [5.41, 5.74) is 2.45. The van der Waals surface area contributed by atoms with E-state index in [1.807, 2.05) is 0 Å². The van der Waals surface area contributed by atoms with Gasteiger partial charge in [0.15, 0.2) is 0 Å². The van der Waals surface area contributed by atoms with Crippen molar-refractivity contribution in [3.05, 3.63) is 29.3 Å². The van der Waals surface area contributed by atoms with E-state index in [1.54, 1.807) is 0 Å².